The second-order valence-electron chi connectivity index (χ2n) is 4.11. The van der Waals surface area contributed by atoms with Crippen LogP contribution in [0.15, 0.2) is 40.2 Å². The van der Waals surface area contributed by atoms with Crippen LogP contribution in [0, 0.1) is 6.92 Å². The van der Waals surface area contributed by atoms with Crippen LogP contribution in [-0.2, 0) is 6.42 Å². The molecule has 0 saturated heterocycles. The molecule has 1 nitrogen and oxygen atoms in total. The molecule has 0 aliphatic rings. The number of hydrogen-bond donors (Lipinski definition) is 1. The van der Waals surface area contributed by atoms with Crippen molar-refractivity contribution in [1.82, 2.24) is 5.32 Å². The van der Waals surface area contributed by atoms with Crippen molar-refractivity contribution in [3.63, 3.8) is 0 Å². The maximum atomic E-state index is 3.52. The van der Waals surface area contributed by atoms with Crippen LogP contribution < -0.4 is 5.32 Å². The first-order valence-electron chi connectivity index (χ1n) is 5.66. The van der Waals surface area contributed by atoms with Gasteiger partial charge in [-0.25, -0.2) is 0 Å². The zero-order valence-corrected chi connectivity index (χ0v) is 12.4. The Labute approximate surface area is 115 Å². The van der Waals surface area contributed by atoms with E-state index in [1.807, 2.05) is 18.4 Å². The maximum Gasteiger partial charge on any atom is 0.0369 e. The van der Waals surface area contributed by atoms with Gasteiger partial charge < -0.3 is 5.32 Å². The van der Waals surface area contributed by atoms with Crippen molar-refractivity contribution in [2.45, 2.75) is 19.4 Å². The molecule has 1 aromatic carbocycles. The summed E-state index contributed by atoms with van der Waals surface area (Å²) >= 11 is 5.33. The molecule has 3 heteroatoms. The van der Waals surface area contributed by atoms with E-state index in [1.165, 1.54) is 16.0 Å². The van der Waals surface area contributed by atoms with Crippen LogP contribution in [0.25, 0.3) is 0 Å². The van der Waals surface area contributed by atoms with Gasteiger partial charge in [0.25, 0.3) is 0 Å². The summed E-state index contributed by atoms with van der Waals surface area (Å²) in [4.78, 5) is 1.40. The monoisotopic (exact) mass is 309 g/mol. The standard InChI is InChI=1S/C14H16BrNS/c1-10-13(6-7-17-10)14(16-2)9-11-4-3-5-12(15)8-11/h3-8,14,16H,9H2,1-2H3. The van der Waals surface area contributed by atoms with E-state index in [-0.39, 0.29) is 0 Å². The molecule has 0 spiro atoms. The molecule has 0 bridgehead atoms. The average Bonchev–Trinajstić information content (AvgIpc) is 2.72. The Morgan fingerprint density at radius 3 is 2.76 bits per heavy atom. The van der Waals surface area contributed by atoms with Crippen molar-refractivity contribution < 1.29 is 0 Å². The smallest absolute Gasteiger partial charge is 0.0369 e. The van der Waals surface area contributed by atoms with Gasteiger partial charge in [0, 0.05) is 15.4 Å². The molecule has 0 radical (unpaired) electrons. The number of aryl methyl sites for hydroxylation is 1. The predicted octanol–water partition coefficient (Wildman–Crippen LogP) is 4.32. The highest BCUT2D eigenvalue weighted by Gasteiger charge is 2.13. The van der Waals surface area contributed by atoms with Crippen molar-refractivity contribution in [2.75, 3.05) is 7.05 Å². The van der Waals surface area contributed by atoms with Crippen LogP contribution in [-0.4, -0.2) is 7.05 Å². The molecule has 0 fully saturated rings. The lowest BCUT2D eigenvalue weighted by molar-refractivity contribution is 0.591. The van der Waals surface area contributed by atoms with Gasteiger partial charge in [0.2, 0.25) is 0 Å². The number of hydrogen-bond acceptors (Lipinski definition) is 2. The number of benzene rings is 1. The molecule has 2 rings (SSSR count). The molecule has 0 aliphatic carbocycles. The van der Waals surface area contributed by atoms with Gasteiger partial charge in [-0.2, -0.15) is 0 Å². The van der Waals surface area contributed by atoms with Crippen molar-refractivity contribution in [3.05, 3.63) is 56.2 Å². The minimum Gasteiger partial charge on any atom is -0.313 e. The number of thiophene rings is 1. The first kappa shape index (κ1) is 12.8. The van der Waals surface area contributed by atoms with Gasteiger partial charge in [0.1, 0.15) is 0 Å². The summed E-state index contributed by atoms with van der Waals surface area (Å²) in [6.45, 7) is 2.19. The van der Waals surface area contributed by atoms with Crippen LogP contribution in [0.4, 0.5) is 0 Å². The van der Waals surface area contributed by atoms with E-state index in [9.17, 15) is 0 Å². The van der Waals surface area contributed by atoms with E-state index in [4.69, 9.17) is 0 Å². The molecule has 0 amide bonds. The lowest BCUT2D eigenvalue weighted by Gasteiger charge is -2.16. The minimum atomic E-state index is 0.399. The van der Waals surface area contributed by atoms with E-state index < -0.39 is 0 Å². The number of likely N-dealkylation sites (N-methyl/N-ethyl adjacent to an activating group) is 1. The van der Waals surface area contributed by atoms with Gasteiger partial charge in [0.15, 0.2) is 0 Å². The Balaban J connectivity index is 2.19. The van der Waals surface area contributed by atoms with Gasteiger partial charge >= 0.3 is 0 Å². The number of rotatable bonds is 4. The SMILES string of the molecule is CNC(Cc1cccc(Br)c1)c1ccsc1C. The van der Waals surface area contributed by atoms with Crippen LogP contribution in [0.5, 0.6) is 0 Å². The normalized spacial score (nSPS) is 12.6. The summed E-state index contributed by atoms with van der Waals surface area (Å²) in [6.07, 6.45) is 1.02. The highest BCUT2D eigenvalue weighted by molar-refractivity contribution is 9.10. The van der Waals surface area contributed by atoms with E-state index in [0.29, 0.717) is 6.04 Å². The third-order valence-electron chi connectivity index (χ3n) is 2.95. The Hall–Kier alpha value is -0.640. The van der Waals surface area contributed by atoms with Gasteiger partial charge in [-0.15, -0.1) is 11.3 Å². The summed E-state index contributed by atoms with van der Waals surface area (Å²) in [6, 6.07) is 11.1. The Morgan fingerprint density at radius 2 is 2.18 bits per heavy atom. The lowest BCUT2D eigenvalue weighted by Crippen LogP contribution is -2.18. The molecule has 90 valence electrons. The third kappa shape index (κ3) is 3.18. The third-order valence-corrected chi connectivity index (χ3v) is 4.31. The van der Waals surface area contributed by atoms with Gasteiger partial charge in [0.05, 0.1) is 0 Å². The molecule has 17 heavy (non-hydrogen) atoms. The fourth-order valence-electron chi connectivity index (χ4n) is 2.02. The first-order chi connectivity index (χ1) is 8.20. The first-order valence-corrected chi connectivity index (χ1v) is 7.33. The largest absolute Gasteiger partial charge is 0.313 e. The summed E-state index contributed by atoms with van der Waals surface area (Å²) < 4.78 is 1.15. The Kier molecular flexibility index (Phi) is 4.37. The van der Waals surface area contributed by atoms with E-state index in [2.05, 4.69) is 63.9 Å². The van der Waals surface area contributed by atoms with E-state index >= 15 is 0 Å². The highest BCUT2D eigenvalue weighted by Crippen LogP contribution is 2.26. The summed E-state index contributed by atoms with van der Waals surface area (Å²) in [5, 5.41) is 5.57. The maximum absolute atomic E-state index is 3.52. The van der Waals surface area contributed by atoms with E-state index in [0.717, 1.165) is 10.9 Å². The summed E-state index contributed by atoms with van der Waals surface area (Å²) in [7, 11) is 2.03. The fraction of sp³-hybridized carbons (Fsp3) is 0.286. The average molecular weight is 310 g/mol. The van der Waals surface area contributed by atoms with Crippen molar-refractivity contribution in [3.8, 4) is 0 Å². The number of nitrogens with one attached hydrogen (secondary N) is 1. The molecular weight excluding hydrogens is 294 g/mol. The molecular formula is C14H16BrNS. The van der Waals surface area contributed by atoms with Gasteiger partial charge in [-0.05, 0) is 55.1 Å². The van der Waals surface area contributed by atoms with Crippen molar-refractivity contribution >= 4 is 27.3 Å². The van der Waals surface area contributed by atoms with Crippen LogP contribution in [0.3, 0.4) is 0 Å². The van der Waals surface area contributed by atoms with Crippen molar-refractivity contribution in [2.24, 2.45) is 0 Å². The summed E-state index contributed by atoms with van der Waals surface area (Å²) in [5.41, 5.74) is 2.77. The Morgan fingerprint density at radius 1 is 1.35 bits per heavy atom. The van der Waals surface area contributed by atoms with Gasteiger partial charge in [-0.1, -0.05) is 28.1 Å². The second-order valence-corrected chi connectivity index (χ2v) is 6.14. The molecule has 1 N–H and O–H groups in total. The molecule has 1 aromatic heterocycles. The summed E-state index contributed by atoms with van der Waals surface area (Å²) in [5.74, 6) is 0. The quantitative estimate of drug-likeness (QED) is 0.886. The zero-order valence-electron chi connectivity index (χ0n) is 10.0. The molecule has 0 saturated carbocycles. The van der Waals surface area contributed by atoms with Gasteiger partial charge in [-0.3, -0.25) is 0 Å². The van der Waals surface area contributed by atoms with Crippen LogP contribution in [0.2, 0.25) is 0 Å². The van der Waals surface area contributed by atoms with Crippen LogP contribution in [0.1, 0.15) is 22.0 Å². The zero-order chi connectivity index (χ0) is 12.3. The predicted molar refractivity (Wildman–Crippen MR) is 78.7 cm³/mol. The molecule has 1 atom stereocenters. The Bertz CT molecular complexity index is 492. The molecule has 2 aromatic rings. The van der Waals surface area contributed by atoms with E-state index in [1.54, 1.807) is 0 Å². The minimum absolute atomic E-state index is 0.399. The molecule has 1 heterocycles. The topological polar surface area (TPSA) is 12.0 Å². The number of halogens is 1. The second kappa shape index (κ2) is 5.80. The molecule has 1 unspecified atom stereocenters. The van der Waals surface area contributed by atoms with Crippen molar-refractivity contribution in [1.29, 1.82) is 0 Å². The molecule has 0 aliphatic heterocycles. The fourth-order valence-corrected chi connectivity index (χ4v) is 3.24. The highest BCUT2D eigenvalue weighted by atomic mass is 79.9. The lowest BCUT2D eigenvalue weighted by atomic mass is 10.00. The van der Waals surface area contributed by atoms with Crippen LogP contribution >= 0.6 is 27.3 Å².